The van der Waals surface area contributed by atoms with Gasteiger partial charge in [-0.15, -0.1) is 0 Å². The van der Waals surface area contributed by atoms with E-state index in [1.54, 1.807) is 11.0 Å². The van der Waals surface area contributed by atoms with Crippen molar-refractivity contribution in [3.63, 3.8) is 0 Å². The molecule has 1 aliphatic heterocycles. The summed E-state index contributed by atoms with van der Waals surface area (Å²) in [5.41, 5.74) is 1.70. The molecule has 3 rings (SSSR count). The summed E-state index contributed by atoms with van der Waals surface area (Å²) in [4.78, 5) is 37.3. The van der Waals surface area contributed by atoms with Crippen LogP contribution in [-0.4, -0.2) is 29.4 Å². The standard InChI is InChI=1S/C18H22N2O4/c1-2-20-14-6-5-13(10-12(14)4-7-16(20)22)19-15(21)11-18(17(23)24)8-3-9-18/h5-6,10H,2-4,7-9,11H2,1H3,(H,19,21)(H,23,24). The van der Waals surface area contributed by atoms with Gasteiger partial charge in [0.05, 0.1) is 5.41 Å². The van der Waals surface area contributed by atoms with E-state index in [0.717, 1.165) is 17.7 Å². The molecular weight excluding hydrogens is 308 g/mol. The van der Waals surface area contributed by atoms with Gasteiger partial charge in [-0.05, 0) is 49.9 Å². The first-order valence-electron chi connectivity index (χ1n) is 8.42. The molecule has 0 unspecified atom stereocenters. The molecule has 2 aliphatic rings. The molecule has 6 nitrogen and oxygen atoms in total. The second-order valence-corrected chi connectivity index (χ2v) is 6.65. The molecule has 1 aromatic rings. The van der Waals surface area contributed by atoms with E-state index in [4.69, 9.17) is 0 Å². The van der Waals surface area contributed by atoms with Crippen LogP contribution in [0.3, 0.4) is 0 Å². The maximum atomic E-state index is 12.2. The molecule has 2 amide bonds. The Morgan fingerprint density at radius 3 is 2.62 bits per heavy atom. The fourth-order valence-electron chi connectivity index (χ4n) is 3.57. The third-order valence-corrected chi connectivity index (χ3v) is 5.14. The van der Waals surface area contributed by atoms with Crippen LogP contribution in [0.2, 0.25) is 0 Å². The monoisotopic (exact) mass is 330 g/mol. The van der Waals surface area contributed by atoms with E-state index in [9.17, 15) is 19.5 Å². The van der Waals surface area contributed by atoms with Gasteiger partial charge in [0.1, 0.15) is 0 Å². The number of amides is 2. The molecular formula is C18H22N2O4. The summed E-state index contributed by atoms with van der Waals surface area (Å²) in [6.45, 7) is 2.56. The van der Waals surface area contributed by atoms with E-state index >= 15 is 0 Å². The number of anilines is 2. The second kappa shape index (κ2) is 6.26. The van der Waals surface area contributed by atoms with Crippen molar-refractivity contribution >= 4 is 29.2 Å². The van der Waals surface area contributed by atoms with Crippen molar-refractivity contribution in [1.29, 1.82) is 0 Å². The van der Waals surface area contributed by atoms with Crippen LogP contribution in [0.15, 0.2) is 18.2 Å². The Bertz CT molecular complexity index is 694. The van der Waals surface area contributed by atoms with Gasteiger partial charge in [0.2, 0.25) is 11.8 Å². The number of benzene rings is 1. The molecule has 0 spiro atoms. The minimum Gasteiger partial charge on any atom is -0.481 e. The quantitative estimate of drug-likeness (QED) is 0.869. The molecule has 24 heavy (non-hydrogen) atoms. The highest BCUT2D eigenvalue weighted by molar-refractivity contribution is 5.98. The second-order valence-electron chi connectivity index (χ2n) is 6.65. The lowest BCUT2D eigenvalue weighted by atomic mass is 9.66. The topological polar surface area (TPSA) is 86.7 Å². The number of aliphatic carboxylic acids is 1. The Balaban J connectivity index is 1.71. The highest BCUT2D eigenvalue weighted by Gasteiger charge is 2.45. The van der Waals surface area contributed by atoms with Crippen molar-refractivity contribution in [2.75, 3.05) is 16.8 Å². The zero-order valence-electron chi connectivity index (χ0n) is 13.8. The van der Waals surface area contributed by atoms with Gasteiger partial charge in [-0.1, -0.05) is 6.42 Å². The predicted octanol–water partition coefficient (Wildman–Crippen LogP) is 2.57. The molecule has 128 valence electrons. The third-order valence-electron chi connectivity index (χ3n) is 5.14. The summed E-state index contributed by atoms with van der Waals surface area (Å²) in [6, 6.07) is 5.50. The van der Waals surface area contributed by atoms with Gasteiger partial charge in [-0.3, -0.25) is 14.4 Å². The first-order chi connectivity index (χ1) is 11.4. The molecule has 1 saturated carbocycles. The van der Waals surface area contributed by atoms with Crippen molar-refractivity contribution in [3.05, 3.63) is 23.8 Å². The van der Waals surface area contributed by atoms with E-state index in [-0.39, 0.29) is 18.2 Å². The molecule has 1 heterocycles. The van der Waals surface area contributed by atoms with E-state index in [1.165, 1.54) is 0 Å². The third kappa shape index (κ3) is 2.88. The number of carbonyl (C=O) groups excluding carboxylic acids is 2. The lowest BCUT2D eigenvalue weighted by Crippen LogP contribution is -2.41. The largest absolute Gasteiger partial charge is 0.481 e. The van der Waals surface area contributed by atoms with Gasteiger partial charge < -0.3 is 15.3 Å². The maximum absolute atomic E-state index is 12.2. The Hall–Kier alpha value is -2.37. The van der Waals surface area contributed by atoms with Crippen LogP contribution in [0.4, 0.5) is 11.4 Å². The van der Waals surface area contributed by atoms with Gasteiger partial charge >= 0.3 is 5.97 Å². The number of nitrogens with zero attached hydrogens (tertiary/aromatic N) is 1. The molecule has 0 saturated heterocycles. The minimum atomic E-state index is -0.885. The zero-order chi connectivity index (χ0) is 17.3. The van der Waals surface area contributed by atoms with Gasteiger partial charge in [0, 0.05) is 30.8 Å². The summed E-state index contributed by atoms with van der Waals surface area (Å²) in [7, 11) is 0. The smallest absolute Gasteiger partial charge is 0.310 e. The molecule has 0 radical (unpaired) electrons. The normalized spacial score (nSPS) is 18.5. The highest BCUT2D eigenvalue weighted by atomic mass is 16.4. The van der Waals surface area contributed by atoms with Gasteiger partial charge in [0.15, 0.2) is 0 Å². The molecule has 2 N–H and O–H groups in total. The fraction of sp³-hybridized carbons (Fsp3) is 0.500. The number of carbonyl (C=O) groups is 3. The Morgan fingerprint density at radius 1 is 1.29 bits per heavy atom. The lowest BCUT2D eigenvalue weighted by molar-refractivity contribution is -0.157. The van der Waals surface area contributed by atoms with Crippen molar-refractivity contribution in [2.24, 2.45) is 5.41 Å². The molecule has 1 fully saturated rings. The van der Waals surface area contributed by atoms with Crippen LogP contribution >= 0.6 is 0 Å². The summed E-state index contributed by atoms with van der Waals surface area (Å²) >= 11 is 0. The number of carboxylic acids is 1. The molecule has 1 aliphatic carbocycles. The number of hydrogen-bond acceptors (Lipinski definition) is 3. The number of fused-ring (bicyclic) bond motifs is 1. The van der Waals surface area contributed by atoms with Gasteiger partial charge in [-0.2, -0.15) is 0 Å². The SMILES string of the molecule is CCN1C(=O)CCc2cc(NC(=O)CC3(C(=O)O)CCC3)ccc21. The van der Waals surface area contributed by atoms with E-state index in [2.05, 4.69) is 5.32 Å². The van der Waals surface area contributed by atoms with E-state index < -0.39 is 11.4 Å². The maximum Gasteiger partial charge on any atom is 0.310 e. The summed E-state index contributed by atoms with van der Waals surface area (Å²) < 4.78 is 0. The summed E-state index contributed by atoms with van der Waals surface area (Å²) in [6.07, 6.45) is 3.13. The summed E-state index contributed by atoms with van der Waals surface area (Å²) in [5, 5.41) is 12.1. The zero-order valence-corrected chi connectivity index (χ0v) is 13.8. The van der Waals surface area contributed by atoms with Crippen molar-refractivity contribution in [3.8, 4) is 0 Å². The van der Waals surface area contributed by atoms with E-state index in [0.29, 0.717) is 37.9 Å². The number of rotatable bonds is 5. The number of aryl methyl sites for hydroxylation is 1. The van der Waals surface area contributed by atoms with Gasteiger partial charge in [0.25, 0.3) is 0 Å². The highest BCUT2D eigenvalue weighted by Crippen LogP contribution is 2.44. The minimum absolute atomic E-state index is 0.0129. The van der Waals surface area contributed by atoms with E-state index in [1.807, 2.05) is 19.1 Å². The van der Waals surface area contributed by atoms with Gasteiger partial charge in [-0.25, -0.2) is 0 Å². The van der Waals surface area contributed by atoms with Crippen LogP contribution < -0.4 is 10.2 Å². The molecule has 0 atom stereocenters. The Kier molecular flexibility index (Phi) is 4.30. The van der Waals surface area contributed by atoms with Crippen LogP contribution in [0.25, 0.3) is 0 Å². The average Bonchev–Trinajstić information content (AvgIpc) is 2.50. The van der Waals surface area contributed by atoms with Crippen LogP contribution in [-0.2, 0) is 20.8 Å². The van der Waals surface area contributed by atoms with Crippen molar-refractivity contribution in [1.82, 2.24) is 0 Å². The first kappa shape index (κ1) is 16.5. The number of nitrogens with one attached hydrogen (secondary N) is 1. The average molecular weight is 330 g/mol. The molecule has 1 aromatic carbocycles. The van der Waals surface area contributed by atoms with Crippen LogP contribution in [0, 0.1) is 5.41 Å². The summed E-state index contributed by atoms with van der Waals surface area (Å²) in [5.74, 6) is -1.03. The fourth-order valence-corrected chi connectivity index (χ4v) is 3.57. The Labute approximate surface area is 140 Å². The van der Waals surface area contributed by atoms with Crippen molar-refractivity contribution in [2.45, 2.75) is 45.4 Å². The lowest BCUT2D eigenvalue weighted by Gasteiger charge is -2.37. The molecule has 0 bridgehead atoms. The van der Waals surface area contributed by atoms with Crippen LogP contribution in [0.1, 0.15) is 44.6 Å². The molecule has 0 aromatic heterocycles. The Morgan fingerprint density at radius 2 is 2.04 bits per heavy atom. The van der Waals surface area contributed by atoms with Crippen LogP contribution in [0.5, 0.6) is 0 Å². The number of hydrogen-bond donors (Lipinski definition) is 2. The number of carboxylic acid groups (broad SMARTS) is 1. The molecule has 6 heteroatoms. The first-order valence-corrected chi connectivity index (χ1v) is 8.42. The van der Waals surface area contributed by atoms with Crippen molar-refractivity contribution < 1.29 is 19.5 Å². The predicted molar refractivity (Wildman–Crippen MR) is 90.0 cm³/mol.